The van der Waals surface area contributed by atoms with Crippen LogP contribution in [0.3, 0.4) is 0 Å². The Kier molecular flexibility index (Phi) is 6.01. The molecule has 1 aliphatic heterocycles. The molecule has 0 bridgehead atoms. The van der Waals surface area contributed by atoms with Gasteiger partial charge >= 0.3 is 6.03 Å². The lowest BCUT2D eigenvalue weighted by Gasteiger charge is -2.36. The highest BCUT2D eigenvalue weighted by Crippen LogP contribution is 2.26. The van der Waals surface area contributed by atoms with Gasteiger partial charge in [-0.2, -0.15) is 0 Å². The van der Waals surface area contributed by atoms with E-state index in [1.807, 2.05) is 20.8 Å². The number of amides is 4. The molecule has 0 aliphatic carbocycles. The molecular formula is C21H26FN5O4. The van der Waals surface area contributed by atoms with E-state index < -0.39 is 23.4 Å². The van der Waals surface area contributed by atoms with Crippen LogP contribution in [-0.4, -0.2) is 77.2 Å². The van der Waals surface area contributed by atoms with Gasteiger partial charge in [0.25, 0.3) is 17.6 Å². The second-order valence-electron chi connectivity index (χ2n) is 8.41. The third-order valence-electron chi connectivity index (χ3n) is 5.03. The number of halogens is 1. The van der Waals surface area contributed by atoms with Crippen LogP contribution in [0.4, 0.5) is 9.18 Å². The molecule has 1 saturated heterocycles. The van der Waals surface area contributed by atoms with Gasteiger partial charge in [-0.1, -0.05) is 0 Å². The van der Waals surface area contributed by atoms with Crippen molar-refractivity contribution < 1.29 is 23.6 Å². The lowest BCUT2D eigenvalue weighted by molar-refractivity contribution is -0.127. The van der Waals surface area contributed by atoms with E-state index in [4.69, 9.17) is 0 Å². The van der Waals surface area contributed by atoms with Crippen LogP contribution >= 0.6 is 0 Å². The van der Waals surface area contributed by atoms with Crippen molar-refractivity contribution in [3.05, 3.63) is 35.3 Å². The summed E-state index contributed by atoms with van der Waals surface area (Å²) in [4.78, 5) is 55.6. The van der Waals surface area contributed by atoms with Gasteiger partial charge < -0.3 is 25.4 Å². The molecule has 3 N–H and O–H groups in total. The fourth-order valence-electron chi connectivity index (χ4n) is 3.48. The van der Waals surface area contributed by atoms with E-state index >= 15 is 0 Å². The standard InChI is InChI=1S/C21H26FN5O4/c1-21(2,3)25-20(31)27-9-7-26(8-10-27)19(30)17(28)13-11-24-16-12(18(29)23-4)5-6-14(22)15(13)16/h5-6,11,24H,7-10H2,1-4H3,(H,23,29)(H,25,31). The van der Waals surface area contributed by atoms with Crippen molar-refractivity contribution in [3.63, 3.8) is 0 Å². The minimum Gasteiger partial charge on any atom is -0.360 e. The molecule has 1 aromatic heterocycles. The molecule has 1 aromatic carbocycles. The van der Waals surface area contributed by atoms with Gasteiger partial charge in [-0.25, -0.2) is 9.18 Å². The van der Waals surface area contributed by atoms with Crippen LogP contribution in [0.2, 0.25) is 0 Å². The zero-order valence-electron chi connectivity index (χ0n) is 18.0. The summed E-state index contributed by atoms with van der Waals surface area (Å²) in [5, 5.41) is 5.22. The largest absolute Gasteiger partial charge is 0.360 e. The highest BCUT2D eigenvalue weighted by Gasteiger charge is 2.31. The Balaban J connectivity index is 1.76. The van der Waals surface area contributed by atoms with Crippen LogP contribution in [0.1, 0.15) is 41.5 Å². The predicted molar refractivity (Wildman–Crippen MR) is 112 cm³/mol. The lowest BCUT2D eigenvalue weighted by atomic mass is 10.0. The smallest absolute Gasteiger partial charge is 0.317 e. The molecule has 10 heteroatoms. The maximum absolute atomic E-state index is 14.5. The summed E-state index contributed by atoms with van der Waals surface area (Å²) >= 11 is 0. The number of hydrogen-bond acceptors (Lipinski definition) is 4. The van der Waals surface area contributed by atoms with Gasteiger partial charge in [0.2, 0.25) is 0 Å². The molecule has 0 atom stereocenters. The van der Waals surface area contributed by atoms with Crippen LogP contribution in [-0.2, 0) is 4.79 Å². The minimum absolute atomic E-state index is 0.0948. The summed E-state index contributed by atoms with van der Waals surface area (Å²) in [6.45, 7) is 6.57. The van der Waals surface area contributed by atoms with E-state index in [2.05, 4.69) is 15.6 Å². The number of ketones is 1. The number of benzene rings is 1. The highest BCUT2D eigenvalue weighted by atomic mass is 19.1. The molecule has 2 heterocycles. The van der Waals surface area contributed by atoms with Crippen molar-refractivity contribution in [2.24, 2.45) is 0 Å². The number of Topliss-reactive ketones (excluding diaryl/α,β-unsaturated/α-hetero) is 1. The fourth-order valence-corrected chi connectivity index (χ4v) is 3.48. The number of nitrogens with one attached hydrogen (secondary N) is 3. The van der Waals surface area contributed by atoms with Gasteiger partial charge in [0, 0.05) is 50.3 Å². The molecule has 3 rings (SSSR count). The van der Waals surface area contributed by atoms with Crippen molar-refractivity contribution in [1.82, 2.24) is 25.4 Å². The minimum atomic E-state index is -0.869. The van der Waals surface area contributed by atoms with Crippen molar-refractivity contribution in [3.8, 4) is 0 Å². The zero-order valence-corrected chi connectivity index (χ0v) is 18.0. The molecule has 0 radical (unpaired) electrons. The van der Waals surface area contributed by atoms with Crippen LogP contribution in [0.15, 0.2) is 18.3 Å². The first-order chi connectivity index (χ1) is 14.5. The average molecular weight is 431 g/mol. The molecule has 0 unspecified atom stereocenters. The fraction of sp³-hybridized carbons (Fsp3) is 0.429. The summed E-state index contributed by atoms with van der Waals surface area (Å²) in [5.41, 5.74) is -0.188. The topological polar surface area (TPSA) is 115 Å². The van der Waals surface area contributed by atoms with Crippen molar-refractivity contribution >= 4 is 34.5 Å². The monoisotopic (exact) mass is 431 g/mol. The molecule has 31 heavy (non-hydrogen) atoms. The Morgan fingerprint density at radius 1 is 1.00 bits per heavy atom. The van der Waals surface area contributed by atoms with Crippen LogP contribution in [0, 0.1) is 5.82 Å². The number of piperazine rings is 1. The molecule has 0 spiro atoms. The maximum atomic E-state index is 14.5. The summed E-state index contributed by atoms with van der Waals surface area (Å²) in [5.74, 6) is -2.79. The van der Waals surface area contributed by atoms with Crippen molar-refractivity contribution in [2.45, 2.75) is 26.3 Å². The Morgan fingerprint density at radius 3 is 2.19 bits per heavy atom. The number of rotatable bonds is 3. The second kappa shape index (κ2) is 8.37. The van der Waals surface area contributed by atoms with Gasteiger partial charge in [0.15, 0.2) is 0 Å². The zero-order chi connectivity index (χ0) is 22.9. The third-order valence-corrected chi connectivity index (χ3v) is 5.03. The number of urea groups is 1. The number of carbonyl (C=O) groups is 4. The Morgan fingerprint density at radius 2 is 1.61 bits per heavy atom. The van der Waals surface area contributed by atoms with Gasteiger partial charge in [-0.3, -0.25) is 14.4 Å². The average Bonchev–Trinajstić information content (AvgIpc) is 3.17. The van der Waals surface area contributed by atoms with E-state index in [1.54, 1.807) is 4.90 Å². The summed E-state index contributed by atoms with van der Waals surface area (Å²) in [7, 11) is 1.44. The summed E-state index contributed by atoms with van der Waals surface area (Å²) < 4.78 is 14.5. The molecule has 4 amide bonds. The molecule has 0 saturated carbocycles. The van der Waals surface area contributed by atoms with E-state index in [0.29, 0.717) is 0 Å². The van der Waals surface area contributed by atoms with Gasteiger partial charge in [0.05, 0.1) is 16.6 Å². The van der Waals surface area contributed by atoms with E-state index in [-0.39, 0.29) is 59.8 Å². The Hall–Kier alpha value is -3.43. The number of fused-ring (bicyclic) bond motifs is 1. The predicted octanol–water partition coefficient (Wildman–Crippen LogP) is 1.50. The number of H-pyrrole nitrogens is 1. The Labute approximate surface area is 178 Å². The molecule has 166 valence electrons. The first kappa shape index (κ1) is 22.3. The SMILES string of the molecule is CNC(=O)c1ccc(F)c2c(C(=O)C(=O)N3CCN(C(=O)NC(C)(C)C)CC3)c[nH]c12. The first-order valence-electron chi connectivity index (χ1n) is 9.96. The number of nitrogens with zero attached hydrogens (tertiary/aromatic N) is 2. The summed E-state index contributed by atoms with van der Waals surface area (Å²) in [6, 6.07) is 2.17. The van der Waals surface area contributed by atoms with E-state index in [0.717, 1.165) is 6.07 Å². The Bertz CT molecular complexity index is 1050. The quantitative estimate of drug-likeness (QED) is 0.505. The molecule has 1 aliphatic rings. The number of aromatic amines is 1. The third kappa shape index (κ3) is 4.52. The van der Waals surface area contributed by atoms with Crippen LogP contribution < -0.4 is 10.6 Å². The molecule has 9 nitrogen and oxygen atoms in total. The first-order valence-corrected chi connectivity index (χ1v) is 9.96. The van der Waals surface area contributed by atoms with E-state index in [9.17, 15) is 23.6 Å². The normalized spacial score (nSPS) is 14.5. The summed E-state index contributed by atoms with van der Waals surface area (Å²) in [6.07, 6.45) is 1.24. The number of carbonyl (C=O) groups excluding carboxylic acids is 4. The van der Waals surface area contributed by atoms with Gasteiger partial charge in [0.1, 0.15) is 5.82 Å². The molecule has 1 fully saturated rings. The van der Waals surface area contributed by atoms with Gasteiger partial charge in [-0.05, 0) is 32.9 Å². The number of hydrogen-bond donors (Lipinski definition) is 3. The second-order valence-corrected chi connectivity index (χ2v) is 8.41. The molecular weight excluding hydrogens is 405 g/mol. The van der Waals surface area contributed by atoms with Gasteiger partial charge in [-0.15, -0.1) is 0 Å². The van der Waals surface area contributed by atoms with E-state index in [1.165, 1.54) is 24.2 Å². The number of aromatic nitrogens is 1. The van der Waals surface area contributed by atoms with Crippen molar-refractivity contribution in [1.29, 1.82) is 0 Å². The van der Waals surface area contributed by atoms with Crippen LogP contribution in [0.25, 0.3) is 10.9 Å². The van der Waals surface area contributed by atoms with Crippen LogP contribution in [0.5, 0.6) is 0 Å². The lowest BCUT2D eigenvalue weighted by Crippen LogP contribution is -2.56. The van der Waals surface area contributed by atoms with Crippen molar-refractivity contribution in [2.75, 3.05) is 33.2 Å². The molecule has 2 aromatic rings. The maximum Gasteiger partial charge on any atom is 0.317 e. The highest BCUT2D eigenvalue weighted by molar-refractivity contribution is 6.45.